The molecule has 0 saturated carbocycles. The van der Waals surface area contributed by atoms with Crippen molar-refractivity contribution in [1.29, 1.82) is 0 Å². The lowest BCUT2D eigenvalue weighted by atomic mass is 9.83. The Bertz CT molecular complexity index is 2670. The highest BCUT2D eigenvalue weighted by atomic mass is 32.1. The van der Waals surface area contributed by atoms with Crippen molar-refractivity contribution in [2.24, 2.45) is 0 Å². The first-order valence-corrected chi connectivity index (χ1v) is 16.6. The Balaban J connectivity index is 1.17. The number of thiophene rings is 1. The molecule has 210 valence electrons. The number of fused-ring (bicyclic) bond motifs is 14. The summed E-state index contributed by atoms with van der Waals surface area (Å²) < 4.78 is 1.38. The maximum Gasteiger partial charge on any atom is 0.0352 e. The molecule has 1 unspecified atom stereocenters. The molecule has 0 nitrogen and oxygen atoms in total. The van der Waals surface area contributed by atoms with Gasteiger partial charge in [0.1, 0.15) is 0 Å². The predicted octanol–water partition coefficient (Wildman–Crippen LogP) is 12.9. The maximum atomic E-state index is 2.42. The van der Waals surface area contributed by atoms with E-state index in [1.54, 1.807) is 0 Å². The lowest BCUT2D eigenvalue weighted by molar-refractivity contribution is 0.832. The summed E-state index contributed by atoms with van der Waals surface area (Å²) in [5.74, 6) is 0.394. The molecule has 9 aromatic rings. The van der Waals surface area contributed by atoms with E-state index in [0.29, 0.717) is 5.92 Å². The zero-order valence-corrected chi connectivity index (χ0v) is 25.4. The van der Waals surface area contributed by atoms with Gasteiger partial charge < -0.3 is 0 Å². The van der Waals surface area contributed by atoms with E-state index >= 15 is 0 Å². The molecule has 45 heavy (non-hydrogen) atoms. The molecule has 0 N–H and O–H groups in total. The molecule has 0 radical (unpaired) electrons. The molecule has 0 bridgehead atoms. The van der Waals surface area contributed by atoms with Gasteiger partial charge in [-0.3, -0.25) is 0 Å². The van der Waals surface area contributed by atoms with Crippen LogP contribution >= 0.6 is 11.3 Å². The van der Waals surface area contributed by atoms with E-state index in [4.69, 9.17) is 0 Å². The van der Waals surface area contributed by atoms with Crippen LogP contribution in [0, 0.1) is 0 Å². The van der Waals surface area contributed by atoms with Gasteiger partial charge in [-0.1, -0.05) is 133 Å². The second-order valence-electron chi connectivity index (χ2n) is 12.3. The SMILES string of the molecule is C1=Cc2sc3ccccc3c2C(c2ccc(-c3ccc4c(c3)c3ccccc3c3c5ccccc5c5ccccc5c43)cc2)C1. The fourth-order valence-corrected chi connectivity index (χ4v) is 9.21. The van der Waals surface area contributed by atoms with E-state index in [1.807, 2.05) is 11.3 Å². The molecule has 1 atom stereocenters. The third-order valence-electron chi connectivity index (χ3n) is 10.0. The Hall–Kier alpha value is -5.24. The fourth-order valence-electron chi connectivity index (χ4n) is 8.01. The van der Waals surface area contributed by atoms with Gasteiger partial charge in [-0.15, -0.1) is 11.3 Å². The highest BCUT2D eigenvalue weighted by Gasteiger charge is 2.24. The van der Waals surface area contributed by atoms with Gasteiger partial charge in [0.05, 0.1) is 0 Å². The van der Waals surface area contributed by atoms with Crippen LogP contribution in [0.4, 0.5) is 0 Å². The van der Waals surface area contributed by atoms with E-state index < -0.39 is 0 Å². The topological polar surface area (TPSA) is 0 Å². The maximum absolute atomic E-state index is 2.42. The minimum atomic E-state index is 0.394. The second-order valence-corrected chi connectivity index (χ2v) is 13.4. The normalized spacial score (nSPS) is 14.7. The van der Waals surface area contributed by atoms with Crippen molar-refractivity contribution in [3.8, 4) is 11.1 Å². The number of benzene rings is 8. The summed E-state index contributed by atoms with van der Waals surface area (Å²) in [6, 6.07) is 52.1. The van der Waals surface area contributed by atoms with Crippen LogP contribution in [0.15, 0.2) is 146 Å². The van der Waals surface area contributed by atoms with Crippen LogP contribution in [0.25, 0.3) is 81.2 Å². The van der Waals surface area contributed by atoms with Crippen LogP contribution in [0.1, 0.15) is 28.3 Å². The van der Waals surface area contributed by atoms with E-state index in [-0.39, 0.29) is 0 Å². The van der Waals surface area contributed by atoms with Gasteiger partial charge in [0, 0.05) is 15.5 Å². The highest BCUT2D eigenvalue weighted by Crippen LogP contribution is 2.46. The van der Waals surface area contributed by atoms with Gasteiger partial charge in [-0.2, -0.15) is 0 Å². The molecule has 8 aromatic carbocycles. The number of hydrogen-bond acceptors (Lipinski definition) is 1. The molecule has 10 rings (SSSR count). The molecular formula is C44H28S. The summed E-state index contributed by atoms with van der Waals surface area (Å²) in [6.07, 6.45) is 5.71. The minimum Gasteiger partial charge on any atom is -0.136 e. The third-order valence-corrected chi connectivity index (χ3v) is 11.2. The van der Waals surface area contributed by atoms with Crippen molar-refractivity contribution in [3.05, 3.63) is 162 Å². The highest BCUT2D eigenvalue weighted by molar-refractivity contribution is 7.20. The third kappa shape index (κ3) is 3.65. The molecule has 1 aliphatic rings. The average molecular weight is 589 g/mol. The Labute approximate surface area is 265 Å². The van der Waals surface area contributed by atoms with Gasteiger partial charge in [0.25, 0.3) is 0 Å². The summed E-state index contributed by atoms with van der Waals surface area (Å²) in [4.78, 5) is 1.41. The lowest BCUT2D eigenvalue weighted by Gasteiger charge is -2.21. The van der Waals surface area contributed by atoms with Gasteiger partial charge in [-0.05, 0) is 106 Å². The quantitative estimate of drug-likeness (QED) is 0.176. The Morgan fingerprint density at radius 1 is 0.444 bits per heavy atom. The number of allylic oxidation sites excluding steroid dienone is 1. The molecule has 0 fully saturated rings. The predicted molar refractivity (Wildman–Crippen MR) is 197 cm³/mol. The Morgan fingerprint density at radius 2 is 0.956 bits per heavy atom. The van der Waals surface area contributed by atoms with Crippen LogP contribution < -0.4 is 0 Å². The smallest absolute Gasteiger partial charge is 0.0352 e. The zero-order valence-electron chi connectivity index (χ0n) is 24.6. The fraction of sp³-hybridized carbons (Fsp3) is 0.0455. The Kier molecular flexibility index (Phi) is 5.38. The molecule has 1 heterocycles. The largest absolute Gasteiger partial charge is 0.136 e. The van der Waals surface area contributed by atoms with E-state index in [1.165, 1.54) is 91.1 Å². The van der Waals surface area contributed by atoms with Gasteiger partial charge in [0.2, 0.25) is 0 Å². The first kappa shape index (κ1) is 25.1. The van der Waals surface area contributed by atoms with Crippen molar-refractivity contribution >= 4 is 81.4 Å². The van der Waals surface area contributed by atoms with Crippen molar-refractivity contribution < 1.29 is 0 Å². The van der Waals surface area contributed by atoms with Crippen molar-refractivity contribution in [3.63, 3.8) is 0 Å². The number of rotatable bonds is 2. The van der Waals surface area contributed by atoms with Crippen LogP contribution in [0.2, 0.25) is 0 Å². The van der Waals surface area contributed by atoms with Gasteiger partial charge in [0.15, 0.2) is 0 Å². The van der Waals surface area contributed by atoms with Gasteiger partial charge in [-0.25, -0.2) is 0 Å². The van der Waals surface area contributed by atoms with Crippen molar-refractivity contribution in [2.75, 3.05) is 0 Å². The molecule has 1 aliphatic carbocycles. The summed E-state index contributed by atoms with van der Waals surface area (Å²) in [6.45, 7) is 0. The van der Waals surface area contributed by atoms with Crippen LogP contribution in [0.5, 0.6) is 0 Å². The van der Waals surface area contributed by atoms with Gasteiger partial charge >= 0.3 is 0 Å². The molecule has 1 aromatic heterocycles. The molecular weight excluding hydrogens is 561 g/mol. The molecule has 0 aliphatic heterocycles. The summed E-state index contributed by atoms with van der Waals surface area (Å²) in [5, 5.41) is 14.6. The second kappa shape index (κ2) is 9.63. The van der Waals surface area contributed by atoms with E-state index in [2.05, 4.69) is 152 Å². The van der Waals surface area contributed by atoms with E-state index in [0.717, 1.165) is 6.42 Å². The number of hydrogen-bond donors (Lipinski definition) is 0. The summed E-state index contributed by atoms with van der Waals surface area (Å²) in [7, 11) is 0. The minimum absolute atomic E-state index is 0.394. The van der Waals surface area contributed by atoms with Crippen LogP contribution in [-0.4, -0.2) is 0 Å². The lowest BCUT2D eigenvalue weighted by Crippen LogP contribution is -2.03. The van der Waals surface area contributed by atoms with Crippen LogP contribution in [-0.2, 0) is 0 Å². The first-order valence-electron chi connectivity index (χ1n) is 15.8. The van der Waals surface area contributed by atoms with Crippen molar-refractivity contribution in [2.45, 2.75) is 12.3 Å². The van der Waals surface area contributed by atoms with Crippen molar-refractivity contribution in [1.82, 2.24) is 0 Å². The monoisotopic (exact) mass is 588 g/mol. The zero-order chi connectivity index (χ0) is 29.5. The van der Waals surface area contributed by atoms with E-state index in [9.17, 15) is 0 Å². The Morgan fingerprint density at radius 3 is 1.60 bits per heavy atom. The molecule has 0 spiro atoms. The summed E-state index contributed by atoms with van der Waals surface area (Å²) >= 11 is 1.92. The molecule has 0 amide bonds. The first-order chi connectivity index (χ1) is 22.3. The van der Waals surface area contributed by atoms with Crippen LogP contribution in [0.3, 0.4) is 0 Å². The summed E-state index contributed by atoms with van der Waals surface area (Å²) in [5.41, 5.74) is 5.40. The average Bonchev–Trinajstić information content (AvgIpc) is 3.50. The standard InChI is InChI=1S/C44H28S/c1-4-13-34-31(10-1)32-11-2-5-14-35(32)44-37-25-24-29(26-39(37)33-12-3-6-15-36(33)43(34)44)27-20-22-28(23-21-27)30-17-9-19-41-42(30)38-16-7-8-18-40(38)45-41/h1-16,18-26,30H,17H2. The molecule has 0 saturated heterocycles. The molecule has 1 heteroatoms.